The van der Waals surface area contributed by atoms with Gasteiger partial charge < -0.3 is 5.32 Å². The molecule has 5 nitrogen and oxygen atoms in total. The first-order valence-electron chi connectivity index (χ1n) is 7.82. The lowest BCUT2D eigenvalue weighted by molar-refractivity contribution is -0.132. The third-order valence-electron chi connectivity index (χ3n) is 4.63. The Labute approximate surface area is 131 Å². The van der Waals surface area contributed by atoms with Crippen LogP contribution in [0.25, 0.3) is 0 Å². The maximum atomic E-state index is 12.5. The van der Waals surface area contributed by atoms with Crippen molar-refractivity contribution in [3.05, 3.63) is 35.4 Å². The summed E-state index contributed by atoms with van der Waals surface area (Å²) in [5.74, 6) is -0.435. The van der Waals surface area contributed by atoms with Gasteiger partial charge in [-0.25, -0.2) is 5.48 Å². The van der Waals surface area contributed by atoms with E-state index in [2.05, 4.69) is 5.32 Å². The van der Waals surface area contributed by atoms with Crippen molar-refractivity contribution in [1.29, 1.82) is 0 Å². The molecule has 0 saturated heterocycles. The van der Waals surface area contributed by atoms with Crippen molar-refractivity contribution < 1.29 is 14.8 Å². The summed E-state index contributed by atoms with van der Waals surface area (Å²) in [6.07, 6.45) is 5.33. The van der Waals surface area contributed by atoms with Crippen LogP contribution in [0.3, 0.4) is 0 Å². The summed E-state index contributed by atoms with van der Waals surface area (Å²) in [6.45, 7) is 3.98. The van der Waals surface area contributed by atoms with Crippen molar-refractivity contribution in [2.24, 2.45) is 5.41 Å². The molecule has 0 aliphatic heterocycles. The minimum atomic E-state index is -0.544. The van der Waals surface area contributed by atoms with E-state index in [1.54, 1.807) is 29.7 Å². The van der Waals surface area contributed by atoms with E-state index in [4.69, 9.17) is 5.21 Å². The van der Waals surface area contributed by atoms with Crippen LogP contribution in [0.15, 0.2) is 24.3 Å². The SMILES string of the molecule is C[C@@H](NC(=O)C1(C)CCCCC1)c1ccc(C(=O)NO)cc1. The Morgan fingerprint density at radius 1 is 1.14 bits per heavy atom. The first kappa shape index (κ1) is 16.5. The number of hydroxylamine groups is 1. The second-order valence-electron chi connectivity index (χ2n) is 6.38. The lowest BCUT2D eigenvalue weighted by atomic mass is 9.75. The molecule has 3 N–H and O–H groups in total. The highest BCUT2D eigenvalue weighted by Crippen LogP contribution is 2.36. The van der Waals surface area contributed by atoms with Crippen molar-refractivity contribution in [1.82, 2.24) is 10.8 Å². The van der Waals surface area contributed by atoms with Gasteiger partial charge in [0.25, 0.3) is 5.91 Å². The van der Waals surface area contributed by atoms with Crippen LogP contribution in [0.2, 0.25) is 0 Å². The van der Waals surface area contributed by atoms with E-state index in [1.807, 2.05) is 13.8 Å². The number of carbonyl (C=O) groups excluding carboxylic acids is 2. The quantitative estimate of drug-likeness (QED) is 0.591. The molecule has 22 heavy (non-hydrogen) atoms. The van der Waals surface area contributed by atoms with E-state index < -0.39 is 5.91 Å². The van der Waals surface area contributed by atoms with Crippen molar-refractivity contribution in [3.63, 3.8) is 0 Å². The fraction of sp³-hybridized carbons (Fsp3) is 0.529. The molecule has 0 unspecified atom stereocenters. The van der Waals surface area contributed by atoms with Gasteiger partial charge in [-0.1, -0.05) is 38.3 Å². The average Bonchev–Trinajstić information content (AvgIpc) is 2.54. The standard InChI is InChI=1S/C17H24N2O3/c1-12(13-6-8-14(9-7-13)15(20)19-22)18-16(21)17(2)10-4-3-5-11-17/h6-9,12,22H,3-5,10-11H2,1-2H3,(H,18,21)(H,19,20)/t12-/m1/s1. The van der Waals surface area contributed by atoms with Crippen LogP contribution >= 0.6 is 0 Å². The van der Waals surface area contributed by atoms with Gasteiger partial charge in [0.2, 0.25) is 5.91 Å². The maximum Gasteiger partial charge on any atom is 0.274 e. The molecule has 1 saturated carbocycles. The topological polar surface area (TPSA) is 78.4 Å². The van der Waals surface area contributed by atoms with Crippen molar-refractivity contribution in [3.8, 4) is 0 Å². The normalized spacial score (nSPS) is 18.3. The molecule has 0 spiro atoms. The van der Waals surface area contributed by atoms with E-state index >= 15 is 0 Å². The molecule has 1 aromatic rings. The summed E-state index contributed by atoms with van der Waals surface area (Å²) in [4.78, 5) is 23.8. The lowest BCUT2D eigenvalue weighted by Gasteiger charge is -2.33. The van der Waals surface area contributed by atoms with E-state index in [0.717, 1.165) is 31.2 Å². The lowest BCUT2D eigenvalue weighted by Crippen LogP contribution is -2.41. The number of amides is 2. The molecule has 2 amide bonds. The van der Waals surface area contributed by atoms with Crippen LogP contribution in [0.1, 0.15) is 67.9 Å². The molecule has 1 aromatic carbocycles. The molecule has 2 rings (SSSR count). The fourth-order valence-electron chi connectivity index (χ4n) is 3.00. The molecule has 120 valence electrons. The maximum absolute atomic E-state index is 12.5. The minimum absolute atomic E-state index is 0.108. The number of benzene rings is 1. The molecular formula is C17H24N2O3. The second-order valence-corrected chi connectivity index (χ2v) is 6.38. The molecule has 1 fully saturated rings. The van der Waals surface area contributed by atoms with Crippen LogP contribution in [0.4, 0.5) is 0 Å². The van der Waals surface area contributed by atoms with Gasteiger partial charge in [-0.05, 0) is 37.5 Å². The Bertz CT molecular complexity index is 533. The van der Waals surface area contributed by atoms with Gasteiger partial charge in [-0.2, -0.15) is 0 Å². The highest BCUT2D eigenvalue weighted by molar-refractivity contribution is 5.93. The largest absolute Gasteiger partial charge is 0.349 e. The summed E-state index contributed by atoms with van der Waals surface area (Å²) in [5, 5.41) is 11.7. The second kappa shape index (κ2) is 6.92. The van der Waals surface area contributed by atoms with Gasteiger partial charge in [0, 0.05) is 11.0 Å². The van der Waals surface area contributed by atoms with Crippen LogP contribution in [0.5, 0.6) is 0 Å². The first-order chi connectivity index (χ1) is 10.5. The van der Waals surface area contributed by atoms with E-state index in [9.17, 15) is 9.59 Å². The molecule has 0 radical (unpaired) electrons. The highest BCUT2D eigenvalue weighted by atomic mass is 16.5. The Morgan fingerprint density at radius 3 is 2.27 bits per heavy atom. The summed E-state index contributed by atoms with van der Waals surface area (Å²) in [6, 6.07) is 6.73. The molecule has 0 heterocycles. The minimum Gasteiger partial charge on any atom is -0.349 e. The predicted octanol–water partition coefficient (Wildman–Crippen LogP) is 2.95. The van der Waals surface area contributed by atoms with Gasteiger partial charge in [-0.3, -0.25) is 14.8 Å². The van der Waals surface area contributed by atoms with Crippen LogP contribution in [-0.4, -0.2) is 17.0 Å². The Balaban J connectivity index is 2.00. The molecule has 0 aromatic heterocycles. The van der Waals surface area contributed by atoms with Crippen LogP contribution in [0, 0.1) is 5.41 Å². The van der Waals surface area contributed by atoms with Crippen molar-refractivity contribution in [2.75, 3.05) is 0 Å². The third kappa shape index (κ3) is 3.65. The van der Waals surface area contributed by atoms with E-state index in [1.165, 1.54) is 6.42 Å². The zero-order valence-corrected chi connectivity index (χ0v) is 13.2. The Hall–Kier alpha value is -1.88. The Morgan fingerprint density at radius 2 is 1.73 bits per heavy atom. The number of carbonyl (C=O) groups is 2. The van der Waals surface area contributed by atoms with Gasteiger partial charge in [-0.15, -0.1) is 0 Å². The Kier molecular flexibility index (Phi) is 5.19. The average molecular weight is 304 g/mol. The fourth-order valence-corrected chi connectivity index (χ4v) is 3.00. The number of rotatable bonds is 4. The smallest absolute Gasteiger partial charge is 0.274 e. The molecule has 1 atom stereocenters. The molecule has 1 aliphatic carbocycles. The van der Waals surface area contributed by atoms with Gasteiger partial charge in [0.15, 0.2) is 0 Å². The van der Waals surface area contributed by atoms with E-state index in [-0.39, 0.29) is 17.4 Å². The predicted molar refractivity (Wildman–Crippen MR) is 83.4 cm³/mol. The van der Waals surface area contributed by atoms with Gasteiger partial charge in [0.05, 0.1) is 6.04 Å². The van der Waals surface area contributed by atoms with Crippen molar-refractivity contribution in [2.45, 2.75) is 52.0 Å². The third-order valence-corrected chi connectivity index (χ3v) is 4.63. The number of hydrogen-bond donors (Lipinski definition) is 3. The summed E-state index contributed by atoms with van der Waals surface area (Å²) in [5.41, 5.74) is 2.65. The first-order valence-corrected chi connectivity index (χ1v) is 7.82. The van der Waals surface area contributed by atoms with Crippen LogP contribution < -0.4 is 10.8 Å². The molecule has 0 bridgehead atoms. The number of hydrogen-bond acceptors (Lipinski definition) is 3. The molecular weight excluding hydrogens is 280 g/mol. The van der Waals surface area contributed by atoms with Gasteiger partial charge >= 0.3 is 0 Å². The monoisotopic (exact) mass is 304 g/mol. The van der Waals surface area contributed by atoms with Crippen LogP contribution in [-0.2, 0) is 4.79 Å². The van der Waals surface area contributed by atoms with E-state index in [0.29, 0.717) is 5.56 Å². The summed E-state index contributed by atoms with van der Waals surface area (Å²) < 4.78 is 0. The zero-order chi connectivity index (χ0) is 16.2. The zero-order valence-electron chi connectivity index (χ0n) is 13.2. The highest BCUT2D eigenvalue weighted by Gasteiger charge is 2.35. The summed E-state index contributed by atoms with van der Waals surface area (Å²) in [7, 11) is 0. The van der Waals surface area contributed by atoms with Gasteiger partial charge in [0.1, 0.15) is 0 Å². The molecule has 1 aliphatic rings. The summed E-state index contributed by atoms with van der Waals surface area (Å²) >= 11 is 0. The molecule has 5 heteroatoms. The number of nitrogens with one attached hydrogen (secondary N) is 2. The van der Waals surface area contributed by atoms with Crippen molar-refractivity contribution >= 4 is 11.8 Å².